The van der Waals surface area contributed by atoms with Gasteiger partial charge in [0.15, 0.2) is 0 Å². The minimum Gasteiger partial charge on any atom is -0.507 e. The summed E-state index contributed by atoms with van der Waals surface area (Å²) in [5.74, 6) is 0.235. The summed E-state index contributed by atoms with van der Waals surface area (Å²) in [5, 5.41) is 10.9. The van der Waals surface area contributed by atoms with Crippen LogP contribution in [0.1, 0.15) is 5.56 Å². The highest BCUT2D eigenvalue weighted by Gasteiger charge is 2.14. The van der Waals surface area contributed by atoms with Crippen LogP contribution in [0.2, 0.25) is 0 Å². The first kappa shape index (κ1) is 10.8. The van der Waals surface area contributed by atoms with Gasteiger partial charge in [-0.3, -0.25) is 0 Å². The molecule has 0 spiro atoms. The van der Waals surface area contributed by atoms with Gasteiger partial charge in [0, 0.05) is 29.3 Å². The molecule has 0 radical (unpaired) electrons. The second kappa shape index (κ2) is 4.16. The third-order valence-corrected chi connectivity index (χ3v) is 3.06. The maximum atomic E-state index is 9.93. The van der Waals surface area contributed by atoms with Gasteiger partial charge in [0.2, 0.25) is 0 Å². The molecule has 0 saturated carbocycles. The number of rotatable bonds is 2. The highest BCUT2D eigenvalue weighted by atomic mass is 16.3. The van der Waals surface area contributed by atoms with E-state index in [1.165, 1.54) is 0 Å². The monoisotopic (exact) mass is 239 g/mol. The normalized spacial score (nSPS) is 10.9. The summed E-state index contributed by atoms with van der Waals surface area (Å²) < 4.78 is 0. The topological polar surface area (TPSA) is 74.9 Å². The highest BCUT2D eigenvalue weighted by molar-refractivity contribution is 5.89. The average molecular weight is 239 g/mol. The van der Waals surface area contributed by atoms with Crippen molar-refractivity contribution in [3.8, 4) is 17.0 Å². The molecule has 90 valence electrons. The average Bonchev–Trinajstić information content (AvgIpc) is 2.77. The Kier molecular flexibility index (Phi) is 2.50. The van der Waals surface area contributed by atoms with Gasteiger partial charge in [-0.2, -0.15) is 0 Å². The van der Waals surface area contributed by atoms with Gasteiger partial charge in [0.25, 0.3) is 0 Å². The smallest absolute Gasteiger partial charge is 0.138 e. The van der Waals surface area contributed by atoms with Gasteiger partial charge < -0.3 is 15.8 Å². The summed E-state index contributed by atoms with van der Waals surface area (Å²) in [6.07, 6.45) is 1.73. The highest BCUT2D eigenvalue weighted by Crippen LogP contribution is 2.33. The molecule has 1 aromatic carbocycles. The van der Waals surface area contributed by atoms with E-state index in [4.69, 9.17) is 5.73 Å². The van der Waals surface area contributed by atoms with Crippen molar-refractivity contribution < 1.29 is 5.11 Å². The van der Waals surface area contributed by atoms with E-state index in [0.717, 1.165) is 27.9 Å². The van der Waals surface area contributed by atoms with Crippen LogP contribution in [0.5, 0.6) is 5.75 Å². The zero-order valence-electron chi connectivity index (χ0n) is 9.72. The fourth-order valence-electron chi connectivity index (χ4n) is 2.20. The lowest BCUT2D eigenvalue weighted by atomic mass is 10.1. The van der Waals surface area contributed by atoms with Crippen molar-refractivity contribution in [2.75, 3.05) is 0 Å². The molecule has 0 bridgehead atoms. The minimum absolute atomic E-state index is 0.235. The molecular formula is C14H13N3O. The maximum Gasteiger partial charge on any atom is 0.138 e. The second-order valence-electron chi connectivity index (χ2n) is 4.10. The third kappa shape index (κ3) is 1.55. The lowest BCUT2D eigenvalue weighted by molar-refractivity contribution is 0.477. The van der Waals surface area contributed by atoms with Gasteiger partial charge in [-0.05, 0) is 24.3 Å². The molecule has 4 N–H and O–H groups in total. The number of aromatic nitrogens is 2. The molecule has 0 saturated heterocycles. The predicted octanol–water partition coefficient (Wildman–Crippen LogP) is 2.39. The summed E-state index contributed by atoms with van der Waals surface area (Å²) in [6, 6.07) is 11.1. The van der Waals surface area contributed by atoms with Gasteiger partial charge >= 0.3 is 0 Å². The van der Waals surface area contributed by atoms with Crippen molar-refractivity contribution in [3.63, 3.8) is 0 Å². The molecule has 2 heterocycles. The molecule has 0 amide bonds. The van der Waals surface area contributed by atoms with Crippen LogP contribution in [0.25, 0.3) is 22.3 Å². The van der Waals surface area contributed by atoms with Crippen molar-refractivity contribution in [3.05, 3.63) is 48.2 Å². The van der Waals surface area contributed by atoms with Gasteiger partial charge in [0.1, 0.15) is 11.4 Å². The van der Waals surface area contributed by atoms with Gasteiger partial charge in [-0.15, -0.1) is 0 Å². The Bertz CT molecular complexity index is 703. The van der Waals surface area contributed by atoms with Crippen molar-refractivity contribution in [1.29, 1.82) is 0 Å². The van der Waals surface area contributed by atoms with E-state index in [0.29, 0.717) is 6.54 Å². The number of para-hydroxylation sites is 1. The van der Waals surface area contributed by atoms with Gasteiger partial charge in [-0.25, -0.2) is 4.98 Å². The van der Waals surface area contributed by atoms with E-state index in [1.807, 2.05) is 24.3 Å². The molecule has 3 aromatic rings. The number of phenolic OH excluding ortho intramolecular Hbond substituents is 1. The number of aromatic hydroxyl groups is 1. The predicted molar refractivity (Wildman–Crippen MR) is 71.1 cm³/mol. The zero-order chi connectivity index (χ0) is 12.5. The number of nitrogens with zero attached hydrogens (tertiary/aromatic N) is 1. The van der Waals surface area contributed by atoms with E-state index in [9.17, 15) is 5.11 Å². The Morgan fingerprint density at radius 3 is 2.78 bits per heavy atom. The number of phenols is 1. The summed E-state index contributed by atoms with van der Waals surface area (Å²) in [5.41, 5.74) is 9.16. The van der Waals surface area contributed by atoms with E-state index in [2.05, 4.69) is 9.97 Å². The summed E-state index contributed by atoms with van der Waals surface area (Å²) in [7, 11) is 0. The molecule has 0 aliphatic heterocycles. The molecule has 18 heavy (non-hydrogen) atoms. The molecule has 0 aliphatic rings. The van der Waals surface area contributed by atoms with Crippen LogP contribution in [-0.2, 0) is 6.54 Å². The first-order valence-electron chi connectivity index (χ1n) is 5.75. The van der Waals surface area contributed by atoms with E-state index in [-0.39, 0.29) is 5.75 Å². The molecule has 3 rings (SSSR count). The number of nitrogens with two attached hydrogens (primary N) is 1. The number of aromatic amines is 1. The third-order valence-electron chi connectivity index (χ3n) is 3.06. The van der Waals surface area contributed by atoms with Crippen molar-refractivity contribution in [2.24, 2.45) is 5.73 Å². The van der Waals surface area contributed by atoms with E-state index < -0.39 is 0 Å². The summed E-state index contributed by atoms with van der Waals surface area (Å²) in [4.78, 5) is 7.49. The van der Waals surface area contributed by atoms with Gasteiger partial charge in [0.05, 0.1) is 5.69 Å². The Morgan fingerprint density at radius 1 is 1.17 bits per heavy atom. The number of H-pyrrole nitrogens is 1. The van der Waals surface area contributed by atoms with Gasteiger partial charge in [-0.1, -0.05) is 12.1 Å². The number of hydrogen-bond acceptors (Lipinski definition) is 3. The molecule has 2 aromatic heterocycles. The Labute approximate surface area is 104 Å². The lowest BCUT2D eigenvalue weighted by Gasteiger charge is -2.04. The minimum atomic E-state index is 0.235. The Morgan fingerprint density at radius 2 is 2.00 bits per heavy atom. The summed E-state index contributed by atoms with van der Waals surface area (Å²) >= 11 is 0. The quantitative estimate of drug-likeness (QED) is 0.642. The SMILES string of the molecule is NCc1c(-c2ccccc2O)[nH]c2ncccc12. The zero-order valence-corrected chi connectivity index (χ0v) is 9.72. The number of nitrogens with one attached hydrogen (secondary N) is 1. The fourth-order valence-corrected chi connectivity index (χ4v) is 2.20. The van der Waals surface area contributed by atoms with Crippen LogP contribution in [0, 0.1) is 0 Å². The molecule has 4 nitrogen and oxygen atoms in total. The number of hydrogen-bond donors (Lipinski definition) is 3. The van der Waals surface area contributed by atoms with Crippen LogP contribution < -0.4 is 5.73 Å². The van der Waals surface area contributed by atoms with Crippen molar-refractivity contribution in [2.45, 2.75) is 6.54 Å². The number of benzene rings is 1. The largest absolute Gasteiger partial charge is 0.507 e. The molecule has 0 aliphatic carbocycles. The van der Waals surface area contributed by atoms with Crippen molar-refractivity contribution >= 4 is 11.0 Å². The molecule has 0 fully saturated rings. The Hall–Kier alpha value is -2.33. The molecule has 0 unspecified atom stereocenters. The van der Waals surface area contributed by atoms with Crippen LogP contribution >= 0.6 is 0 Å². The number of pyridine rings is 1. The second-order valence-corrected chi connectivity index (χ2v) is 4.10. The fraction of sp³-hybridized carbons (Fsp3) is 0.0714. The van der Waals surface area contributed by atoms with Crippen LogP contribution in [0.3, 0.4) is 0 Å². The molecular weight excluding hydrogens is 226 g/mol. The van der Waals surface area contributed by atoms with Crippen LogP contribution in [0.15, 0.2) is 42.6 Å². The first-order valence-corrected chi connectivity index (χ1v) is 5.75. The van der Waals surface area contributed by atoms with Crippen LogP contribution in [-0.4, -0.2) is 15.1 Å². The van der Waals surface area contributed by atoms with Crippen LogP contribution in [0.4, 0.5) is 0 Å². The maximum absolute atomic E-state index is 9.93. The molecule has 0 atom stereocenters. The van der Waals surface area contributed by atoms with Crippen molar-refractivity contribution in [1.82, 2.24) is 9.97 Å². The summed E-state index contributed by atoms with van der Waals surface area (Å²) in [6.45, 7) is 0.398. The first-order chi connectivity index (χ1) is 8.81. The Balaban J connectivity index is 2.32. The standard InChI is InChI=1S/C14H13N3O/c15-8-11-9-5-3-7-16-14(9)17-13(11)10-4-1-2-6-12(10)18/h1-7,18H,8,15H2,(H,16,17). The number of fused-ring (bicyclic) bond motifs is 1. The van der Waals surface area contributed by atoms with E-state index >= 15 is 0 Å². The lowest BCUT2D eigenvalue weighted by Crippen LogP contribution is -1.97. The van der Waals surface area contributed by atoms with E-state index in [1.54, 1.807) is 18.3 Å². The molecule has 4 heteroatoms.